The highest BCUT2D eigenvalue weighted by Crippen LogP contribution is 2.32. The van der Waals surface area contributed by atoms with Gasteiger partial charge in [0.25, 0.3) is 5.91 Å². The predicted molar refractivity (Wildman–Crippen MR) is 108 cm³/mol. The molecule has 0 saturated heterocycles. The smallest absolute Gasteiger partial charge is 0.271 e. The summed E-state index contributed by atoms with van der Waals surface area (Å²) in [7, 11) is 4.60. The number of amides is 1. The van der Waals surface area contributed by atoms with E-state index < -0.39 is 6.04 Å². The van der Waals surface area contributed by atoms with Crippen molar-refractivity contribution in [2.75, 3.05) is 27.0 Å². The van der Waals surface area contributed by atoms with E-state index in [9.17, 15) is 9.90 Å². The second-order valence-electron chi connectivity index (χ2n) is 6.10. The monoisotopic (exact) mass is 402 g/mol. The molecule has 0 fully saturated rings. The number of hydroxylamine groups is 2. The number of phenols is 1. The molecule has 0 radical (unpaired) electrons. The van der Waals surface area contributed by atoms with Crippen molar-refractivity contribution in [1.29, 1.82) is 0 Å². The van der Waals surface area contributed by atoms with Crippen molar-refractivity contribution < 1.29 is 24.2 Å². The highest BCUT2D eigenvalue weighted by Gasteiger charge is 2.29. The van der Waals surface area contributed by atoms with Gasteiger partial charge in [-0.2, -0.15) is 0 Å². The molecule has 2 aromatic carbocycles. The van der Waals surface area contributed by atoms with Gasteiger partial charge in [-0.1, -0.05) is 12.1 Å². The molecule has 1 aliphatic heterocycles. The number of carbonyl (C=O) groups excluding carboxylic acids is 1. The molecule has 1 atom stereocenters. The number of carbonyl (C=O) groups is 1. The van der Waals surface area contributed by atoms with Crippen LogP contribution in [0.15, 0.2) is 47.5 Å². The third kappa shape index (κ3) is 4.58. The lowest BCUT2D eigenvalue weighted by Gasteiger charge is -2.15. The van der Waals surface area contributed by atoms with E-state index in [-0.39, 0.29) is 11.7 Å². The summed E-state index contributed by atoms with van der Waals surface area (Å²) >= 11 is 1.43. The maximum atomic E-state index is 12.1. The molecule has 8 heteroatoms. The molecular formula is C20H22N2O5S. The maximum absolute atomic E-state index is 12.1. The Hall–Kier alpha value is -2.71. The standard InChI is InChI=1S/C20H22N2O5S/c1-22(26-3)20(24)17-12-28-19(21-17)16-9-8-15(10-18(16)23)27-11-13-4-6-14(25-2)7-5-13/h4-10,17,23H,11-12H2,1-3H3. The number of nitrogens with zero attached hydrogens (tertiary/aromatic N) is 2. The van der Waals surface area contributed by atoms with Crippen LogP contribution in [0.3, 0.4) is 0 Å². The van der Waals surface area contributed by atoms with E-state index in [1.54, 1.807) is 32.4 Å². The number of ether oxygens (including phenoxy) is 2. The molecule has 28 heavy (non-hydrogen) atoms. The fraction of sp³-hybridized carbons (Fsp3) is 0.300. The van der Waals surface area contributed by atoms with Crippen molar-refractivity contribution >= 4 is 22.7 Å². The summed E-state index contributed by atoms with van der Waals surface area (Å²) in [6.07, 6.45) is 0. The van der Waals surface area contributed by atoms with Gasteiger partial charge in [-0.3, -0.25) is 14.6 Å². The first-order chi connectivity index (χ1) is 13.5. The first kappa shape index (κ1) is 20.0. The number of rotatable bonds is 7. The van der Waals surface area contributed by atoms with Gasteiger partial charge in [-0.05, 0) is 29.8 Å². The molecule has 3 rings (SSSR count). The van der Waals surface area contributed by atoms with Gasteiger partial charge in [0.2, 0.25) is 0 Å². The number of hydrogen-bond donors (Lipinski definition) is 1. The van der Waals surface area contributed by atoms with E-state index >= 15 is 0 Å². The molecule has 0 saturated carbocycles. The van der Waals surface area contributed by atoms with Crippen molar-refractivity contribution in [2.45, 2.75) is 12.6 Å². The lowest BCUT2D eigenvalue weighted by atomic mass is 10.2. The van der Waals surface area contributed by atoms with Crippen LogP contribution in [0.2, 0.25) is 0 Å². The highest BCUT2D eigenvalue weighted by atomic mass is 32.2. The molecule has 1 aliphatic rings. The van der Waals surface area contributed by atoms with Gasteiger partial charge in [0.1, 0.15) is 34.9 Å². The van der Waals surface area contributed by atoms with E-state index in [4.69, 9.17) is 14.3 Å². The van der Waals surface area contributed by atoms with Gasteiger partial charge < -0.3 is 14.6 Å². The van der Waals surface area contributed by atoms with Crippen LogP contribution in [0.25, 0.3) is 0 Å². The zero-order chi connectivity index (χ0) is 20.1. The Balaban J connectivity index is 1.66. The van der Waals surface area contributed by atoms with Crippen molar-refractivity contribution in [1.82, 2.24) is 5.06 Å². The van der Waals surface area contributed by atoms with Crippen LogP contribution >= 0.6 is 11.8 Å². The lowest BCUT2D eigenvalue weighted by Crippen LogP contribution is -2.34. The second kappa shape index (κ2) is 8.99. The largest absolute Gasteiger partial charge is 0.507 e. The fourth-order valence-corrected chi connectivity index (χ4v) is 3.68. The molecule has 1 unspecified atom stereocenters. The van der Waals surface area contributed by atoms with E-state index in [2.05, 4.69) is 4.99 Å². The summed E-state index contributed by atoms with van der Waals surface area (Å²) in [5, 5.41) is 12.2. The number of thioether (sulfide) groups is 1. The summed E-state index contributed by atoms with van der Waals surface area (Å²) in [5.41, 5.74) is 1.57. The minimum atomic E-state index is -0.518. The van der Waals surface area contributed by atoms with Crippen LogP contribution in [-0.2, 0) is 16.2 Å². The predicted octanol–water partition coefficient (Wildman–Crippen LogP) is 2.86. The third-order valence-electron chi connectivity index (χ3n) is 4.28. The third-order valence-corrected chi connectivity index (χ3v) is 5.37. The molecule has 2 aromatic rings. The normalized spacial score (nSPS) is 15.8. The first-order valence-electron chi connectivity index (χ1n) is 8.63. The number of likely N-dealkylation sites (N-methyl/N-ethyl adjacent to an activating group) is 1. The average molecular weight is 402 g/mol. The van der Waals surface area contributed by atoms with Crippen molar-refractivity contribution in [2.24, 2.45) is 4.99 Å². The van der Waals surface area contributed by atoms with Crippen LogP contribution < -0.4 is 9.47 Å². The van der Waals surface area contributed by atoms with Gasteiger partial charge in [-0.25, -0.2) is 5.06 Å². The van der Waals surface area contributed by atoms with Gasteiger partial charge in [0.05, 0.1) is 14.2 Å². The van der Waals surface area contributed by atoms with E-state index in [0.29, 0.717) is 28.7 Å². The molecule has 1 N–H and O–H groups in total. The molecule has 148 valence electrons. The summed E-state index contributed by atoms with van der Waals surface area (Å²) in [4.78, 5) is 21.5. The van der Waals surface area contributed by atoms with Gasteiger partial charge in [-0.15, -0.1) is 11.8 Å². The lowest BCUT2D eigenvalue weighted by molar-refractivity contribution is -0.169. The first-order valence-corrected chi connectivity index (χ1v) is 9.61. The van der Waals surface area contributed by atoms with E-state index in [1.807, 2.05) is 24.3 Å². The van der Waals surface area contributed by atoms with E-state index in [1.165, 1.54) is 18.9 Å². The minimum Gasteiger partial charge on any atom is -0.507 e. The summed E-state index contributed by atoms with van der Waals surface area (Å²) in [6.45, 7) is 0.373. The molecule has 0 aromatic heterocycles. The fourth-order valence-electron chi connectivity index (χ4n) is 2.62. The number of methoxy groups -OCH3 is 1. The Kier molecular flexibility index (Phi) is 6.43. The molecule has 0 bridgehead atoms. The summed E-state index contributed by atoms with van der Waals surface area (Å²) < 4.78 is 10.9. The molecule has 0 spiro atoms. The SMILES string of the molecule is COc1ccc(COc2ccc(C3=NC(C(=O)N(C)OC)CS3)c(O)c2)cc1. The van der Waals surface area contributed by atoms with Gasteiger partial charge in [0.15, 0.2) is 0 Å². The molecule has 7 nitrogen and oxygen atoms in total. The maximum Gasteiger partial charge on any atom is 0.271 e. The van der Waals surface area contributed by atoms with Crippen LogP contribution in [0.4, 0.5) is 0 Å². The van der Waals surface area contributed by atoms with Crippen LogP contribution in [0.5, 0.6) is 17.2 Å². The van der Waals surface area contributed by atoms with E-state index in [0.717, 1.165) is 16.4 Å². The number of hydrogen-bond acceptors (Lipinski definition) is 7. The van der Waals surface area contributed by atoms with Crippen LogP contribution in [0.1, 0.15) is 11.1 Å². The Morgan fingerprint density at radius 2 is 1.93 bits per heavy atom. The summed E-state index contributed by atoms with van der Waals surface area (Å²) in [5.74, 6) is 1.69. The zero-order valence-electron chi connectivity index (χ0n) is 15.9. The van der Waals surface area contributed by atoms with Crippen molar-refractivity contribution in [3.05, 3.63) is 53.6 Å². The van der Waals surface area contributed by atoms with Crippen LogP contribution in [-0.4, -0.2) is 54.2 Å². The zero-order valence-corrected chi connectivity index (χ0v) is 16.7. The van der Waals surface area contributed by atoms with Gasteiger partial charge >= 0.3 is 0 Å². The minimum absolute atomic E-state index is 0.0617. The van der Waals surface area contributed by atoms with Crippen molar-refractivity contribution in [3.63, 3.8) is 0 Å². The Morgan fingerprint density at radius 3 is 2.57 bits per heavy atom. The van der Waals surface area contributed by atoms with Crippen LogP contribution in [0, 0.1) is 0 Å². The number of benzene rings is 2. The summed E-state index contributed by atoms with van der Waals surface area (Å²) in [6, 6.07) is 12.1. The number of phenolic OH excluding ortho intramolecular Hbond substituents is 1. The Labute approximate surface area is 167 Å². The highest BCUT2D eigenvalue weighted by molar-refractivity contribution is 8.14. The Morgan fingerprint density at radius 1 is 1.21 bits per heavy atom. The molecule has 1 amide bonds. The number of aliphatic imine (C=N–C) groups is 1. The quantitative estimate of drug-likeness (QED) is 0.718. The number of aromatic hydroxyl groups is 1. The molecule has 0 aliphatic carbocycles. The van der Waals surface area contributed by atoms with Gasteiger partial charge in [0, 0.05) is 24.4 Å². The average Bonchev–Trinajstić information content (AvgIpc) is 3.21. The molecular weight excluding hydrogens is 380 g/mol. The second-order valence-corrected chi connectivity index (χ2v) is 7.10. The topological polar surface area (TPSA) is 80.6 Å². The Bertz CT molecular complexity index is 869. The van der Waals surface area contributed by atoms with Crippen molar-refractivity contribution in [3.8, 4) is 17.2 Å². The molecule has 1 heterocycles.